The van der Waals surface area contributed by atoms with E-state index in [9.17, 15) is 0 Å². The third-order valence-corrected chi connectivity index (χ3v) is 3.45. The molecule has 0 fully saturated rings. The first kappa shape index (κ1) is 14.1. The van der Waals surface area contributed by atoms with Gasteiger partial charge in [-0.1, -0.05) is 45.4 Å². The fourth-order valence-electron chi connectivity index (χ4n) is 2.19. The van der Waals surface area contributed by atoms with Crippen molar-refractivity contribution in [2.24, 2.45) is 7.05 Å². The fourth-order valence-corrected chi connectivity index (χ4v) is 2.19. The molecule has 0 aliphatic heterocycles. The van der Waals surface area contributed by atoms with E-state index in [-0.39, 0.29) is 0 Å². The molecule has 1 aromatic rings. The zero-order valence-corrected chi connectivity index (χ0v) is 11.6. The summed E-state index contributed by atoms with van der Waals surface area (Å²) in [5, 5.41) is 4.45. The van der Waals surface area contributed by atoms with Crippen LogP contribution < -0.4 is 5.73 Å². The van der Waals surface area contributed by atoms with Crippen LogP contribution >= 0.6 is 0 Å². The minimum Gasteiger partial charge on any atom is -0.384 e. The van der Waals surface area contributed by atoms with Gasteiger partial charge in [-0.25, -0.2) is 0 Å². The summed E-state index contributed by atoms with van der Waals surface area (Å²) in [4.78, 5) is 0. The molecule has 0 bridgehead atoms. The van der Waals surface area contributed by atoms with Crippen molar-refractivity contribution in [3.05, 3.63) is 11.3 Å². The molecule has 0 spiro atoms. The predicted molar refractivity (Wildman–Crippen MR) is 74.1 cm³/mol. The van der Waals surface area contributed by atoms with Crippen LogP contribution in [-0.2, 0) is 13.5 Å². The molecule has 17 heavy (non-hydrogen) atoms. The van der Waals surface area contributed by atoms with Gasteiger partial charge < -0.3 is 5.73 Å². The lowest BCUT2D eigenvalue weighted by atomic mass is 10.1. The molecule has 0 saturated heterocycles. The highest BCUT2D eigenvalue weighted by molar-refractivity contribution is 5.41. The first-order valence-electron chi connectivity index (χ1n) is 6.94. The molecule has 0 aliphatic carbocycles. The molecule has 0 atom stereocenters. The highest BCUT2D eigenvalue weighted by atomic mass is 15.3. The number of nitrogen functional groups attached to an aromatic ring is 1. The Morgan fingerprint density at radius 1 is 1.06 bits per heavy atom. The van der Waals surface area contributed by atoms with E-state index < -0.39 is 0 Å². The number of hydrogen-bond acceptors (Lipinski definition) is 2. The average Bonchev–Trinajstić information content (AvgIpc) is 2.56. The Morgan fingerprint density at radius 3 is 2.18 bits per heavy atom. The number of anilines is 1. The van der Waals surface area contributed by atoms with Crippen LogP contribution in [0.5, 0.6) is 0 Å². The summed E-state index contributed by atoms with van der Waals surface area (Å²) in [6, 6.07) is 0. The second-order valence-corrected chi connectivity index (χ2v) is 4.95. The summed E-state index contributed by atoms with van der Waals surface area (Å²) in [6.07, 6.45) is 10.5. The smallest absolute Gasteiger partial charge is 0.124 e. The third kappa shape index (κ3) is 4.41. The Labute approximate surface area is 105 Å². The maximum atomic E-state index is 5.89. The zero-order valence-electron chi connectivity index (χ0n) is 11.6. The number of unbranched alkanes of at least 4 members (excludes halogenated alkanes) is 6. The summed E-state index contributed by atoms with van der Waals surface area (Å²) in [6.45, 7) is 4.33. The normalized spacial score (nSPS) is 11.0. The monoisotopic (exact) mass is 237 g/mol. The van der Waals surface area contributed by atoms with E-state index in [4.69, 9.17) is 5.73 Å². The van der Waals surface area contributed by atoms with Crippen LogP contribution in [-0.4, -0.2) is 9.78 Å². The second-order valence-electron chi connectivity index (χ2n) is 4.95. The molecule has 0 saturated carbocycles. The first-order valence-corrected chi connectivity index (χ1v) is 6.94. The molecular formula is C14H27N3. The van der Waals surface area contributed by atoms with E-state index >= 15 is 0 Å². The van der Waals surface area contributed by atoms with Gasteiger partial charge in [-0.3, -0.25) is 4.68 Å². The van der Waals surface area contributed by atoms with Crippen molar-refractivity contribution in [2.45, 2.75) is 65.2 Å². The Kier molecular flexibility index (Phi) is 6.09. The molecule has 1 aromatic heterocycles. The lowest BCUT2D eigenvalue weighted by molar-refractivity contribution is 0.585. The van der Waals surface area contributed by atoms with Crippen molar-refractivity contribution < 1.29 is 0 Å². The number of rotatable bonds is 8. The van der Waals surface area contributed by atoms with Crippen molar-refractivity contribution in [2.75, 3.05) is 5.73 Å². The topological polar surface area (TPSA) is 43.8 Å². The average molecular weight is 237 g/mol. The molecule has 3 heteroatoms. The minimum absolute atomic E-state index is 0.808. The Morgan fingerprint density at radius 2 is 1.65 bits per heavy atom. The first-order chi connectivity index (χ1) is 8.16. The standard InChI is InChI=1S/C14H27N3/c1-4-5-6-7-8-9-10-11-13-12(2)14(15)17(3)16-13/h4-11,15H2,1-3H3. The van der Waals surface area contributed by atoms with Gasteiger partial charge in [-0.15, -0.1) is 0 Å². The van der Waals surface area contributed by atoms with Crippen LogP contribution in [0.3, 0.4) is 0 Å². The van der Waals surface area contributed by atoms with Gasteiger partial charge in [0.05, 0.1) is 5.69 Å². The molecule has 0 amide bonds. The summed E-state index contributed by atoms with van der Waals surface area (Å²) in [5.41, 5.74) is 8.23. The predicted octanol–water partition coefficient (Wildman–Crippen LogP) is 3.60. The van der Waals surface area contributed by atoms with E-state index in [1.54, 1.807) is 4.68 Å². The summed E-state index contributed by atoms with van der Waals surface area (Å²) < 4.78 is 1.78. The van der Waals surface area contributed by atoms with Gasteiger partial charge >= 0.3 is 0 Å². The molecule has 0 aromatic carbocycles. The zero-order chi connectivity index (χ0) is 12.7. The maximum absolute atomic E-state index is 5.89. The van der Waals surface area contributed by atoms with Gasteiger partial charge in [0.2, 0.25) is 0 Å². The van der Waals surface area contributed by atoms with Crippen LogP contribution in [0.1, 0.15) is 63.1 Å². The van der Waals surface area contributed by atoms with E-state index in [1.807, 2.05) is 7.05 Å². The largest absolute Gasteiger partial charge is 0.384 e. The van der Waals surface area contributed by atoms with Crippen molar-refractivity contribution in [1.82, 2.24) is 9.78 Å². The van der Waals surface area contributed by atoms with Crippen LogP contribution in [0.2, 0.25) is 0 Å². The molecular weight excluding hydrogens is 210 g/mol. The van der Waals surface area contributed by atoms with E-state index in [0.29, 0.717) is 0 Å². The number of aryl methyl sites for hydroxylation is 2. The maximum Gasteiger partial charge on any atom is 0.124 e. The molecule has 3 nitrogen and oxygen atoms in total. The quantitative estimate of drug-likeness (QED) is 0.702. The van der Waals surface area contributed by atoms with Gasteiger partial charge in [0.25, 0.3) is 0 Å². The lowest BCUT2D eigenvalue weighted by Gasteiger charge is -2.00. The Hall–Kier alpha value is -0.990. The molecule has 2 N–H and O–H groups in total. The lowest BCUT2D eigenvalue weighted by Crippen LogP contribution is -1.97. The van der Waals surface area contributed by atoms with Crippen LogP contribution in [0.15, 0.2) is 0 Å². The van der Waals surface area contributed by atoms with Crippen LogP contribution in [0.25, 0.3) is 0 Å². The number of nitrogens with two attached hydrogens (primary N) is 1. The molecule has 0 unspecified atom stereocenters. The van der Waals surface area contributed by atoms with Crippen molar-refractivity contribution >= 4 is 5.82 Å². The molecule has 1 heterocycles. The Balaban J connectivity index is 2.16. The highest BCUT2D eigenvalue weighted by Gasteiger charge is 2.08. The van der Waals surface area contributed by atoms with Crippen LogP contribution in [0.4, 0.5) is 5.82 Å². The number of nitrogens with zero attached hydrogens (tertiary/aromatic N) is 2. The van der Waals surface area contributed by atoms with E-state index in [2.05, 4.69) is 18.9 Å². The second kappa shape index (κ2) is 7.36. The van der Waals surface area contributed by atoms with Gasteiger partial charge in [-0.05, 0) is 19.8 Å². The van der Waals surface area contributed by atoms with Gasteiger partial charge in [0.1, 0.15) is 5.82 Å². The fraction of sp³-hybridized carbons (Fsp3) is 0.786. The number of aromatic nitrogens is 2. The summed E-state index contributed by atoms with van der Waals surface area (Å²) >= 11 is 0. The highest BCUT2D eigenvalue weighted by Crippen LogP contribution is 2.17. The van der Waals surface area contributed by atoms with Crippen LogP contribution in [0, 0.1) is 6.92 Å². The number of hydrogen-bond donors (Lipinski definition) is 1. The van der Waals surface area contributed by atoms with Crippen molar-refractivity contribution in [1.29, 1.82) is 0 Å². The third-order valence-electron chi connectivity index (χ3n) is 3.45. The van der Waals surface area contributed by atoms with Gasteiger partial charge in [0.15, 0.2) is 0 Å². The summed E-state index contributed by atoms with van der Waals surface area (Å²) in [5.74, 6) is 0.808. The van der Waals surface area contributed by atoms with Gasteiger partial charge in [-0.2, -0.15) is 5.10 Å². The minimum atomic E-state index is 0.808. The van der Waals surface area contributed by atoms with Crippen molar-refractivity contribution in [3.63, 3.8) is 0 Å². The molecule has 1 rings (SSSR count). The molecule has 0 radical (unpaired) electrons. The Bertz CT molecular complexity index is 328. The van der Waals surface area contributed by atoms with E-state index in [0.717, 1.165) is 12.2 Å². The van der Waals surface area contributed by atoms with Crippen molar-refractivity contribution in [3.8, 4) is 0 Å². The van der Waals surface area contributed by atoms with Gasteiger partial charge in [0, 0.05) is 12.6 Å². The SMILES string of the molecule is CCCCCCCCCc1nn(C)c(N)c1C. The summed E-state index contributed by atoms with van der Waals surface area (Å²) in [7, 11) is 1.91. The molecule has 0 aliphatic rings. The van der Waals surface area contributed by atoms with E-state index in [1.165, 1.54) is 56.2 Å². The molecule has 98 valence electrons.